The Morgan fingerprint density at radius 1 is 1.12 bits per heavy atom. The standard InChI is InChI=1S/C12H10N4S/c1-2-4-9(5-3-1)8-11-10(6-7-17-11)12-13-15-16-14-12/h1-7H,8H2,(H,13,14,15,16). The van der Waals surface area contributed by atoms with Crippen LogP contribution in [0.3, 0.4) is 0 Å². The van der Waals surface area contributed by atoms with E-state index in [1.807, 2.05) is 12.1 Å². The van der Waals surface area contributed by atoms with Gasteiger partial charge in [-0.1, -0.05) is 30.3 Å². The van der Waals surface area contributed by atoms with Gasteiger partial charge in [0.1, 0.15) is 0 Å². The lowest BCUT2D eigenvalue weighted by molar-refractivity contribution is 0.881. The zero-order valence-electron chi connectivity index (χ0n) is 9.00. The van der Waals surface area contributed by atoms with E-state index in [2.05, 4.69) is 50.3 Å². The van der Waals surface area contributed by atoms with Crippen molar-refractivity contribution in [1.82, 2.24) is 20.6 Å². The summed E-state index contributed by atoms with van der Waals surface area (Å²) in [5.41, 5.74) is 2.35. The summed E-state index contributed by atoms with van der Waals surface area (Å²) >= 11 is 1.72. The maximum Gasteiger partial charge on any atom is 0.205 e. The van der Waals surface area contributed by atoms with Gasteiger partial charge in [-0.25, -0.2) is 0 Å². The first-order chi connectivity index (χ1) is 8.43. The highest BCUT2D eigenvalue weighted by Gasteiger charge is 2.10. The molecule has 0 saturated heterocycles. The van der Waals surface area contributed by atoms with Gasteiger partial charge in [0.05, 0.1) is 0 Å². The average Bonchev–Trinajstić information content (AvgIpc) is 3.00. The molecule has 1 N–H and O–H groups in total. The molecule has 0 unspecified atom stereocenters. The third-order valence-electron chi connectivity index (χ3n) is 2.54. The zero-order valence-corrected chi connectivity index (χ0v) is 9.81. The van der Waals surface area contributed by atoms with Crippen LogP contribution in [0.15, 0.2) is 41.8 Å². The Kier molecular flexibility index (Phi) is 2.67. The maximum atomic E-state index is 4.02. The predicted molar refractivity (Wildman–Crippen MR) is 66.7 cm³/mol. The summed E-state index contributed by atoms with van der Waals surface area (Å²) in [7, 11) is 0. The molecule has 84 valence electrons. The van der Waals surface area contributed by atoms with Gasteiger partial charge in [0.2, 0.25) is 5.82 Å². The van der Waals surface area contributed by atoms with Crippen LogP contribution >= 0.6 is 11.3 Å². The quantitative estimate of drug-likeness (QED) is 0.767. The summed E-state index contributed by atoms with van der Waals surface area (Å²) in [5.74, 6) is 0.664. The number of H-pyrrole nitrogens is 1. The van der Waals surface area contributed by atoms with Crippen molar-refractivity contribution in [3.63, 3.8) is 0 Å². The number of aromatic amines is 1. The van der Waals surface area contributed by atoms with E-state index in [0.717, 1.165) is 12.0 Å². The summed E-state index contributed by atoms with van der Waals surface area (Å²) < 4.78 is 0. The third-order valence-corrected chi connectivity index (χ3v) is 3.46. The van der Waals surface area contributed by atoms with E-state index >= 15 is 0 Å². The van der Waals surface area contributed by atoms with Gasteiger partial charge < -0.3 is 0 Å². The number of rotatable bonds is 3. The molecule has 2 aromatic heterocycles. The molecule has 0 aliphatic carbocycles. The molecule has 17 heavy (non-hydrogen) atoms. The number of thiophene rings is 1. The molecular weight excluding hydrogens is 232 g/mol. The monoisotopic (exact) mass is 242 g/mol. The van der Waals surface area contributed by atoms with E-state index in [9.17, 15) is 0 Å². The van der Waals surface area contributed by atoms with Crippen LogP contribution in [0.25, 0.3) is 11.4 Å². The van der Waals surface area contributed by atoms with Gasteiger partial charge >= 0.3 is 0 Å². The van der Waals surface area contributed by atoms with Crippen molar-refractivity contribution in [3.8, 4) is 11.4 Å². The second kappa shape index (κ2) is 4.47. The summed E-state index contributed by atoms with van der Waals surface area (Å²) in [6, 6.07) is 12.4. The number of hydrogen-bond acceptors (Lipinski definition) is 4. The Bertz CT molecular complexity index is 586. The van der Waals surface area contributed by atoms with Crippen molar-refractivity contribution < 1.29 is 0 Å². The third kappa shape index (κ3) is 2.09. The Morgan fingerprint density at radius 2 is 2.00 bits per heavy atom. The Morgan fingerprint density at radius 3 is 2.76 bits per heavy atom. The molecule has 4 nitrogen and oxygen atoms in total. The number of benzene rings is 1. The second-order valence-corrected chi connectivity index (χ2v) is 4.66. The van der Waals surface area contributed by atoms with Crippen LogP contribution in [0.1, 0.15) is 10.4 Å². The summed E-state index contributed by atoms with van der Waals surface area (Å²) in [6.07, 6.45) is 0.905. The van der Waals surface area contributed by atoms with Crippen LogP contribution < -0.4 is 0 Å². The Balaban J connectivity index is 1.92. The first-order valence-corrected chi connectivity index (χ1v) is 6.15. The highest BCUT2D eigenvalue weighted by atomic mass is 32.1. The zero-order chi connectivity index (χ0) is 11.5. The van der Waals surface area contributed by atoms with Crippen LogP contribution in [0.2, 0.25) is 0 Å². The number of hydrogen-bond donors (Lipinski definition) is 1. The van der Waals surface area contributed by atoms with Crippen molar-refractivity contribution in [2.24, 2.45) is 0 Å². The molecule has 5 heteroatoms. The minimum absolute atomic E-state index is 0.664. The molecule has 0 amide bonds. The van der Waals surface area contributed by atoms with Crippen molar-refractivity contribution in [2.75, 3.05) is 0 Å². The van der Waals surface area contributed by atoms with Crippen molar-refractivity contribution >= 4 is 11.3 Å². The van der Waals surface area contributed by atoms with E-state index in [4.69, 9.17) is 0 Å². The predicted octanol–water partition coefficient (Wildman–Crippen LogP) is 2.52. The normalized spacial score (nSPS) is 10.6. The van der Waals surface area contributed by atoms with Crippen LogP contribution in [0, 0.1) is 0 Å². The minimum atomic E-state index is 0.664. The van der Waals surface area contributed by atoms with Gasteiger partial charge in [-0.05, 0) is 22.2 Å². The molecule has 0 aliphatic rings. The summed E-state index contributed by atoms with van der Waals surface area (Å²) in [4.78, 5) is 1.26. The van der Waals surface area contributed by atoms with Crippen molar-refractivity contribution in [2.45, 2.75) is 6.42 Å². The van der Waals surface area contributed by atoms with E-state index < -0.39 is 0 Å². The molecule has 0 fully saturated rings. The van der Waals surface area contributed by atoms with Crippen LogP contribution in [0.5, 0.6) is 0 Å². The molecule has 1 aromatic carbocycles. The largest absolute Gasteiger partial charge is 0.205 e. The van der Waals surface area contributed by atoms with Gasteiger partial charge in [0.25, 0.3) is 0 Å². The number of tetrazole rings is 1. The van der Waals surface area contributed by atoms with Crippen LogP contribution in [-0.2, 0) is 6.42 Å². The molecule has 0 aliphatic heterocycles. The SMILES string of the molecule is c1ccc(Cc2sccc2-c2nn[nH]n2)cc1. The summed E-state index contributed by atoms with van der Waals surface area (Å²) in [6.45, 7) is 0. The maximum absolute atomic E-state index is 4.02. The fourth-order valence-electron chi connectivity index (χ4n) is 1.73. The number of nitrogens with one attached hydrogen (secondary N) is 1. The van der Waals surface area contributed by atoms with Gasteiger partial charge in [0, 0.05) is 16.9 Å². The first kappa shape index (κ1) is 10.2. The Labute approximate surface area is 102 Å². The van der Waals surface area contributed by atoms with Crippen molar-refractivity contribution in [1.29, 1.82) is 0 Å². The topological polar surface area (TPSA) is 54.5 Å². The molecule has 0 saturated carbocycles. The molecule has 0 atom stereocenters. The van der Waals surface area contributed by atoms with Crippen LogP contribution in [0.4, 0.5) is 0 Å². The van der Waals surface area contributed by atoms with E-state index in [1.54, 1.807) is 11.3 Å². The second-order valence-electron chi connectivity index (χ2n) is 3.66. The average molecular weight is 242 g/mol. The lowest BCUT2D eigenvalue weighted by atomic mass is 10.1. The molecule has 3 rings (SSSR count). The lowest BCUT2D eigenvalue weighted by Gasteiger charge is -2.00. The minimum Gasteiger partial charge on any atom is -0.177 e. The highest BCUT2D eigenvalue weighted by molar-refractivity contribution is 7.10. The molecule has 0 bridgehead atoms. The molecular formula is C12H10N4S. The highest BCUT2D eigenvalue weighted by Crippen LogP contribution is 2.27. The van der Waals surface area contributed by atoms with Gasteiger partial charge in [0.15, 0.2) is 0 Å². The van der Waals surface area contributed by atoms with E-state index in [1.165, 1.54) is 10.4 Å². The van der Waals surface area contributed by atoms with Crippen molar-refractivity contribution in [3.05, 3.63) is 52.2 Å². The fourth-order valence-corrected chi connectivity index (χ4v) is 2.64. The lowest BCUT2D eigenvalue weighted by Crippen LogP contribution is -1.88. The molecule has 0 radical (unpaired) electrons. The van der Waals surface area contributed by atoms with Gasteiger partial charge in [-0.2, -0.15) is 5.21 Å². The first-order valence-electron chi connectivity index (χ1n) is 5.27. The Hall–Kier alpha value is -2.01. The molecule has 3 aromatic rings. The van der Waals surface area contributed by atoms with Gasteiger partial charge in [-0.15, -0.1) is 21.5 Å². The number of aromatic nitrogens is 4. The van der Waals surface area contributed by atoms with Crippen LogP contribution in [-0.4, -0.2) is 20.6 Å². The smallest absolute Gasteiger partial charge is 0.177 e. The number of nitrogens with zero attached hydrogens (tertiary/aromatic N) is 3. The fraction of sp³-hybridized carbons (Fsp3) is 0.0833. The summed E-state index contributed by atoms with van der Waals surface area (Å²) in [5, 5.41) is 16.2. The molecule has 2 heterocycles. The van der Waals surface area contributed by atoms with Gasteiger partial charge in [-0.3, -0.25) is 0 Å². The molecule has 0 spiro atoms. The van der Waals surface area contributed by atoms with E-state index in [0.29, 0.717) is 5.82 Å². The van der Waals surface area contributed by atoms with E-state index in [-0.39, 0.29) is 0 Å².